The lowest BCUT2D eigenvalue weighted by Gasteiger charge is -2.46. The minimum atomic E-state index is -0.820. The second-order valence-electron chi connectivity index (χ2n) is 5.50. The minimum absolute atomic E-state index is 0.0656. The first-order chi connectivity index (χ1) is 9.18. The van der Waals surface area contributed by atoms with E-state index in [1.54, 1.807) is 0 Å². The van der Waals surface area contributed by atoms with Gasteiger partial charge >= 0.3 is 5.97 Å². The second kappa shape index (κ2) is 5.32. The van der Waals surface area contributed by atoms with Crippen LogP contribution in [0.15, 0.2) is 0 Å². The zero-order valence-corrected chi connectivity index (χ0v) is 11.6. The van der Waals surface area contributed by atoms with E-state index in [0.717, 1.165) is 25.1 Å². The summed E-state index contributed by atoms with van der Waals surface area (Å²) in [4.78, 5) is 25.6. The third kappa shape index (κ3) is 2.36. The monoisotopic (exact) mass is 285 g/mol. The Morgan fingerprint density at radius 1 is 1.21 bits per heavy atom. The van der Waals surface area contributed by atoms with Crippen molar-refractivity contribution in [2.45, 2.75) is 30.6 Å². The molecular weight excluding hydrogens is 266 g/mol. The number of rotatable bonds is 2. The maximum absolute atomic E-state index is 12.6. The fourth-order valence-electron chi connectivity index (χ4n) is 3.26. The van der Waals surface area contributed by atoms with E-state index in [0.29, 0.717) is 24.9 Å². The number of thioether (sulfide) groups is 1. The van der Waals surface area contributed by atoms with E-state index in [-0.39, 0.29) is 17.9 Å². The molecule has 0 bridgehead atoms. The molecule has 5 nitrogen and oxygen atoms in total. The molecule has 19 heavy (non-hydrogen) atoms. The maximum atomic E-state index is 12.6. The van der Waals surface area contributed by atoms with Gasteiger partial charge < -0.3 is 14.7 Å². The van der Waals surface area contributed by atoms with Gasteiger partial charge in [0.15, 0.2) is 0 Å². The number of carboxylic acids is 1. The van der Waals surface area contributed by atoms with Crippen LogP contribution in [0.1, 0.15) is 19.3 Å². The van der Waals surface area contributed by atoms with Gasteiger partial charge in [-0.3, -0.25) is 9.59 Å². The van der Waals surface area contributed by atoms with E-state index in [1.807, 2.05) is 16.7 Å². The summed E-state index contributed by atoms with van der Waals surface area (Å²) in [6, 6.07) is 0.245. The lowest BCUT2D eigenvalue weighted by molar-refractivity contribution is -0.158. The van der Waals surface area contributed by atoms with Crippen molar-refractivity contribution in [1.82, 2.24) is 4.90 Å². The highest BCUT2D eigenvalue weighted by atomic mass is 32.2. The molecule has 2 heterocycles. The molecule has 6 heteroatoms. The van der Waals surface area contributed by atoms with Crippen LogP contribution < -0.4 is 0 Å². The lowest BCUT2D eigenvalue weighted by Crippen LogP contribution is -2.57. The molecule has 0 radical (unpaired) electrons. The summed E-state index contributed by atoms with van der Waals surface area (Å²) in [6.07, 6.45) is 2.26. The standard InChI is InChI=1S/C13H19NO4S/c15-12(8-1-2-9(8)13(16)17)14-4-6-19-11-7-18-5-3-10(11)14/h8-11H,1-7H2,(H,16,17). The number of hydrogen-bond donors (Lipinski definition) is 1. The fraction of sp³-hybridized carbons (Fsp3) is 0.846. The van der Waals surface area contributed by atoms with Gasteiger partial charge in [-0.2, -0.15) is 11.8 Å². The Labute approximate surface area is 116 Å². The van der Waals surface area contributed by atoms with E-state index >= 15 is 0 Å². The summed E-state index contributed by atoms with van der Waals surface area (Å²) in [7, 11) is 0. The molecule has 0 aromatic rings. The summed E-state index contributed by atoms with van der Waals surface area (Å²) < 4.78 is 5.47. The van der Waals surface area contributed by atoms with Gasteiger partial charge in [0.1, 0.15) is 0 Å². The van der Waals surface area contributed by atoms with Crippen LogP contribution in [0.5, 0.6) is 0 Å². The predicted molar refractivity (Wildman–Crippen MR) is 71.0 cm³/mol. The summed E-state index contributed by atoms with van der Waals surface area (Å²) in [5.74, 6) is -0.569. The van der Waals surface area contributed by atoms with E-state index in [4.69, 9.17) is 9.84 Å². The van der Waals surface area contributed by atoms with Crippen LogP contribution in [0.3, 0.4) is 0 Å². The van der Waals surface area contributed by atoms with Gasteiger partial charge in [-0.1, -0.05) is 0 Å². The third-order valence-electron chi connectivity index (χ3n) is 4.53. The van der Waals surface area contributed by atoms with Crippen molar-refractivity contribution in [3.05, 3.63) is 0 Å². The molecule has 3 aliphatic rings. The van der Waals surface area contributed by atoms with Gasteiger partial charge in [-0.05, 0) is 19.3 Å². The van der Waals surface area contributed by atoms with E-state index in [9.17, 15) is 9.59 Å². The topological polar surface area (TPSA) is 66.8 Å². The first kappa shape index (κ1) is 13.2. The zero-order valence-electron chi connectivity index (χ0n) is 10.8. The predicted octanol–water partition coefficient (Wildman–Crippen LogP) is 0.830. The number of carbonyl (C=O) groups is 2. The average Bonchev–Trinajstić information content (AvgIpc) is 2.36. The highest BCUT2D eigenvalue weighted by Crippen LogP contribution is 2.39. The molecule has 2 aliphatic heterocycles. The Balaban J connectivity index is 1.70. The van der Waals surface area contributed by atoms with Gasteiger partial charge in [0.25, 0.3) is 0 Å². The fourth-order valence-corrected chi connectivity index (χ4v) is 4.56. The molecular formula is C13H19NO4S. The quantitative estimate of drug-likeness (QED) is 0.814. The van der Waals surface area contributed by atoms with Gasteiger partial charge in [-0.25, -0.2) is 0 Å². The summed E-state index contributed by atoms with van der Waals surface area (Å²) in [5, 5.41) is 9.46. The molecule has 1 N–H and O–H groups in total. The summed E-state index contributed by atoms with van der Waals surface area (Å²) >= 11 is 1.88. The Morgan fingerprint density at radius 2 is 2.00 bits per heavy atom. The molecule has 1 saturated carbocycles. The molecule has 2 saturated heterocycles. The summed E-state index contributed by atoms with van der Waals surface area (Å²) in [5.41, 5.74) is 0. The number of aliphatic carboxylic acids is 1. The molecule has 0 spiro atoms. The molecule has 4 unspecified atom stereocenters. The first-order valence-corrected chi connectivity index (χ1v) is 7.96. The van der Waals surface area contributed by atoms with Crippen LogP contribution in [-0.4, -0.2) is 58.7 Å². The van der Waals surface area contributed by atoms with Crippen molar-refractivity contribution in [3.63, 3.8) is 0 Å². The first-order valence-electron chi connectivity index (χ1n) is 6.91. The molecule has 3 rings (SSSR count). The van der Waals surface area contributed by atoms with Crippen molar-refractivity contribution in [2.24, 2.45) is 11.8 Å². The molecule has 0 aromatic heterocycles. The van der Waals surface area contributed by atoms with E-state index < -0.39 is 11.9 Å². The molecule has 3 fully saturated rings. The number of nitrogens with zero attached hydrogens (tertiary/aromatic N) is 1. The van der Waals surface area contributed by atoms with E-state index in [2.05, 4.69) is 0 Å². The smallest absolute Gasteiger partial charge is 0.307 e. The lowest BCUT2D eigenvalue weighted by atomic mass is 9.72. The SMILES string of the molecule is O=C(O)C1CCC1C(=O)N1CCSC2COCCC21. The van der Waals surface area contributed by atoms with Gasteiger partial charge in [0, 0.05) is 30.2 Å². The van der Waals surface area contributed by atoms with Gasteiger partial charge in [-0.15, -0.1) is 0 Å². The number of hydrogen-bond acceptors (Lipinski definition) is 4. The molecule has 106 valence electrons. The zero-order chi connectivity index (χ0) is 13.4. The molecule has 1 aliphatic carbocycles. The van der Waals surface area contributed by atoms with E-state index in [1.165, 1.54) is 0 Å². The van der Waals surface area contributed by atoms with Crippen LogP contribution in [0.4, 0.5) is 0 Å². The number of fused-ring (bicyclic) bond motifs is 1. The molecule has 4 atom stereocenters. The molecule has 0 aromatic carbocycles. The van der Waals surface area contributed by atoms with Crippen molar-refractivity contribution in [1.29, 1.82) is 0 Å². The van der Waals surface area contributed by atoms with Crippen LogP contribution in [0.2, 0.25) is 0 Å². The van der Waals surface area contributed by atoms with Gasteiger partial charge in [0.2, 0.25) is 5.91 Å². The largest absolute Gasteiger partial charge is 0.481 e. The Bertz CT molecular complexity index is 387. The molecule has 1 amide bonds. The Hall–Kier alpha value is -0.750. The number of amides is 1. The van der Waals surface area contributed by atoms with Crippen LogP contribution >= 0.6 is 11.8 Å². The normalized spacial score (nSPS) is 38.2. The number of carboxylic acid groups (broad SMARTS) is 1. The van der Waals surface area contributed by atoms with Crippen LogP contribution in [0, 0.1) is 11.8 Å². The highest BCUT2D eigenvalue weighted by Gasteiger charge is 2.46. The van der Waals surface area contributed by atoms with Crippen molar-refractivity contribution in [2.75, 3.05) is 25.5 Å². The Kier molecular flexibility index (Phi) is 3.71. The average molecular weight is 285 g/mol. The highest BCUT2D eigenvalue weighted by molar-refractivity contribution is 8.00. The Morgan fingerprint density at radius 3 is 2.68 bits per heavy atom. The third-order valence-corrected chi connectivity index (χ3v) is 5.82. The van der Waals surface area contributed by atoms with Crippen LogP contribution in [0.25, 0.3) is 0 Å². The van der Waals surface area contributed by atoms with Crippen molar-refractivity contribution < 1.29 is 19.4 Å². The van der Waals surface area contributed by atoms with Gasteiger partial charge in [0.05, 0.1) is 18.4 Å². The summed E-state index contributed by atoms with van der Waals surface area (Å²) in [6.45, 7) is 2.18. The maximum Gasteiger partial charge on any atom is 0.307 e. The van der Waals surface area contributed by atoms with Crippen molar-refractivity contribution in [3.8, 4) is 0 Å². The number of carbonyl (C=O) groups excluding carboxylic acids is 1. The minimum Gasteiger partial charge on any atom is -0.481 e. The second-order valence-corrected chi connectivity index (χ2v) is 6.85. The number of ether oxygens (including phenoxy) is 1. The van der Waals surface area contributed by atoms with Crippen LogP contribution in [-0.2, 0) is 14.3 Å². The van der Waals surface area contributed by atoms with Crippen molar-refractivity contribution >= 4 is 23.6 Å².